The molecular formula is C18H20N2O6S. The predicted molar refractivity (Wildman–Crippen MR) is 99.5 cm³/mol. The van der Waals surface area contributed by atoms with Crippen LogP contribution in [0.5, 0.6) is 5.88 Å². The lowest BCUT2D eigenvalue weighted by atomic mass is 10.1. The third-order valence-corrected chi connectivity index (χ3v) is 4.00. The van der Waals surface area contributed by atoms with E-state index in [1.165, 1.54) is 43.5 Å². The van der Waals surface area contributed by atoms with E-state index in [1.807, 2.05) is 0 Å². The summed E-state index contributed by atoms with van der Waals surface area (Å²) >= 11 is 0. The van der Waals surface area contributed by atoms with Crippen molar-refractivity contribution in [1.82, 2.24) is 4.98 Å². The minimum atomic E-state index is -3.40. The number of aromatic nitrogens is 1. The van der Waals surface area contributed by atoms with Crippen LogP contribution in [0.4, 0.5) is 5.69 Å². The third-order valence-electron chi connectivity index (χ3n) is 3.40. The SMILES string of the molecule is CCOc1ncccc1C(=O)O[C@@H](C)C(=O)c1ccc(NS(C)(=O)=O)cc1. The average Bonchev–Trinajstić information content (AvgIpc) is 2.61. The Morgan fingerprint density at radius 3 is 2.44 bits per heavy atom. The highest BCUT2D eigenvalue weighted by atomic mass is 32.2. The fourth-order valence-corrected chi connectivity index (χ4v) is 2.79. The molecule has 0 saturated heterocycles. The number of ether oxygens (including phenoxy) is 2. The highest BCUT2D eigenvalue weighted by Crippen LogP contribution is 2.18. The summed E-state index contributed by atoms with van der Waals surface area (Å²) < 4.78 is 35.2. The molecule has 0 spiro atoms. The van der Waals surface area contributed by atoms with Gasteiger partial charge in [0.1, 0.15) is 5.56 Å². The van der Waals surface area contributed by atoms with E-state index in [-0.39, 0.29) is 17.0 Å². The Balaban J connectivity index is 2.08. The molecule has 1 N–H and O–H groups in total. The Bertz CT molecular complexity index is 925. The molecule has 144 valence electrons. The highest BCUT2D eigenvalue weighted by molar-refractivity contribution is 7.92. The van der Waals surface area contributed by atoms with Crippen LogP contribution in [-0.2, 0) is 14.8 Å². The number of carbonyl (C=O) groups is 2. The number of sulfonamides is 1. The second-order valence-corrected chi connectivity index (χ2v) is 7.40. The quantitative estimate of drug-likeness (QED) is 0.542. The number of rotatable bonds is 8. The minimum absolute atomic E-state index is 0.131. The Kier molecular flexibility index (Phi) is 6.51. The first-order chi connectivity index (χ1) is 12.7. The zero-order valence-electron chi connectivity index (χ0n) is 15.1. The lowest BCUT2D eigenvalue weighted by Gasteiger charge is -2.14. The zero-order valence-corrected chi connectivity index (χ0v) is 15.9. The van der Waals surface area contributed by atoms with E-state index in [4.69, 9.17) is 9.47 Å². The summed E-state index contributed by atoms with van der Waals surface area (Å²) in [6.07, 6.45) is 1.48. The molecule has 0 unspecified atom stereocenters. The normalized spacial score (nSPS) is 12.1. The molecule has 0 aliphatic heterocycles. The van der Waals surface area contributed by atoms with E-state index in [0.717, 1.165) is 6.26 Å². The fourth-order valence-electron chi connectivity index (χ4n) is 2.23. The minimum Gasteiger partial charge on any atom is -0.477 e. The predicted octanol–water partition coefficient (Wildman–Crippen LogP) is 2.28. The van der Waals surface area contributed by atoms with Gasteiger partial charge in [-0.25, -0.2) is 18.2 Å². The molecule has 1 aromatic carbocycles. The number of hydrogen-bond acceptors (Lipinski definition) is 7. The number of nitrogens with zero attached hydrogens (tertiary/aromatic N) is 1. The molecule has 0 fully saturated rings. The summed E-state index contributed by atoms with van der Waals surface area (Å²) in [5.74, 6) is -1.00. The van der Waals surface area contributed by atoms with Crippen molar-refractivity contribution in [3.05, 3.63) is 53.7 Å². The Labute approximate surface area is 157 Å². The molecule has 0 bridgehead atoms. The number of anilines is 1. The third kappa shape index (κ3) is 5.78. The Morgan fingerprint density at radius 1 is 1.19 bits per heavy atom. The van der Waals surface area contributed by atoms with Crippen LogP contribution >= 0.6 is 0 Å². The van der Waals surface area contributed by atoms with Gasteiger partial charge in [-0.2, -0.15) is 0 Å². The zero-order chi connectivity index (χ0) is 20.0. The molecule has 2 rings (SSSR count). The van der Waals surface area contributed by atoms with Crippen LogP contribution in [0.25, 0.3) is 0 Å². The van der Waals surface area contributed by atoms with Gasteiger partial charge in [-0.15, -0.1) is 0 Å². The Hall–Kier alpha value is -2.94. The lowest BCUT2D eigenvalue weighted by molar-refractivity contribution is 0.0314. The van der Waals surface area contributed by atoms with Crippen molar-refractivity contribution in [2.75, 3.05) is 17.6 Å². The number of Topliss-reactive ketones (excluding diaryl/α,β-unsaturated/α-hetero) is 1. The molecule has 27 heavy (non-hydrogen) atoms. The van der Waals surface area contributed by atoms with Crippen molar-refractivity contribution in [2.45, 2.75) is 20.0 Å². The molecule has 1 atom stereocenters. The maximum atomic E-state index is 12.5. The molecule has 0 aliphatic carbocycles. The van der Waals surface area contributed by atoms with Gasteiger partial charge in [-0.1, -0.05) is 0 Å². The number of ketones is 1. The fraction of sp³-hybridized carbons (Fsp3) is 0.278. The van der Waals surface area contributed by atoms with Gasteiger partial charge >= 0.3 is 5.97 Å². The van der Waals surface area contributed by atoms with E-state index < -0.39 is 27.9 Å². The molecule has 0 saturated carbocycles. The van der Waals surface area contributed by atoms with Crippen LogP contribution in [0.3, 0.4) is 0 Å². The van der Waals surface area contributed by atoms with Gasteiger partial charge in [0.05, 0.1) is 12.9 Å². The van der Waals surface area contributed by atoms with Crippen LogP contribution in [0.2, 0.25) is 0 Å². The van der Waals surface area contributed by atoms with Crippen LogP contribution in [-0.4, -0.2) is 44.1 Å². The van der Waals surface area contributed by atoms with Crippen molar-refractivity contribution < 1.29 is 27.5 Å². The first-order valence-electron chi connectivity index (χ1n) is 8.12. The first kappa shape index (κ1) is 20.4. The summed E-state index contributed by atoms with van der Waals surface area (Å²) in [5.41, 5.74) is 0.743. The summed E-state index contributed by atoms with van der Waals surface area (Å²) in [4.78, 5) is 28.8. The number of esters is 1. The molecule has 0 radical (unpaired) electrons. The number of pyridine rings is 1. The topological polar surface area (TPSA) is 112 Å². The summed E-state index contributed by atoms with van der Waals surface area (Å²) in [5, 5.41) is 0. The van der Waals surface area contributed by atoms with E-state index in [2.05, 4.69) is 9.71 Å². The number of hydrogen-bond donors (Lipinski definition) is 1. The van der Waals surface area contributed by atoms with Crippen molar-refractivity contribution in [3.63, 3.8) is 0 Å². The van der Waals surface area contributed by atoms with Crippen LogP contribution in [0.1, 0.15) is 34.6 Å². The average molecular weight is 392 g/mol. The molecule has 0 amide bonds. The largest absolute Gasteiger partial charge is 0.477 e. The summed E-state index contributed by atoms with van der Waals surface area (Å²) in [7, 11) is -3.40. The van der Waals surface area contributed by atoms with Gasteiger partial charge < -0.3 is 9.47 Å². The molecular weight excluding hydrogens is 372 g/mol. The van der Waals surface area contributed by atoms with Crippen LogP contribution in [0, 0.1) is 0 Å². The molecule has 0 aliphatic rings. The molecule has 1 heterocycles. The van der Waals surface area contributed by atoms with Gasteiger partial charge in [-0.05, 0) is 50.2 Å². The summed E-state index contributed by atoms with van der Waals surface area (Å²) in [6.45, 7) is 3.55. The van der Waals surface area contributed by atoms with Crippen molar-refractivity contribution in [1.29, 1.82) is 0 Å². The van der Waals surface area contributed by atoms with Crippen LogP contribution in [0.15, 0.2) is 42.6 Å². The first-order valence-corrected chi connectivity index (χ1v) is 10.0. The second-order valence-electron chi connectivity index (χ2n) is 5.65. The van der Waals surface area contributed by atoms with E-state index >= 15 is 0 Å². The van der Waals surface area contributed by atoms with E-state index in [0.29, 0.717) is 12.3 Å². The smallest absolute Gasteiger partial charge is 0.344 e. The second kappa shape index (κ2) is 8.63. The van der Waals surface area contributed by atoms with Crippen molar-refractivity contribution >= 4 is 27.5 Å². The molecule has 1 aromatic heterocycles. The van der Waals surface area contributed by atoms with Gasteiger partial charge in [0.2, 0.25) is 21.7 Å². The van der Waals surface area contributed by atoms with Crippen molar-refractivity contribution in [2.24, 2.45) is 0 Å². The van der Waals surface area contributed by atoms with Gasteiger partial charge in [0.15, 0.2) is 6.10 Å². The maximum Gasteiger partial charge on any atom is 0.344 e. The highest BCUT2D eigenvalue weighted by Gasteiger charge is 2.23. The van der Waals surface area contributed by atoms with E-state index in [1.54, 1.807) is 13.0 Å². The van der Waals surface area contributed by atoms with Crippen LogP contribution < -0.4 is 9.46 Å². The number of benzene rings is 1. The summed E-state index contributed by atoms with van der Waals surface area (Å²) in [6, 6.07) is 8.89. The monoisotopic (exact) mass is 392 g/mol. The Morgan fingerprint density at radius 2 is 1.85 bits per heavy atom. The van der Waals surface area contributed by atoms with Crippen molar-refractivity contribution in [3.8, 4) is 5.88 Å². The van der Waals surface area contributed by atoms with Gasteiger partial charge in [0.25, 0.3) is 0 Å². The molecule has 9 heteroatoms. The number of nitrogens with one attached hydrogen (secondary N) is 1. The lowest BCUT2D eigenvalue weighted by Crippen LogP contribution is -2.25. The molecule has 8 nitrogen and oxygen atoms in total. The number of carbonyl (C=O) groups excluding carboxylic acids is 2. The molecule has 2 aromatic rings. The maximum absolute atomic E-state index is 12.5. The van der Waals surface area contributed by atoms with Gasteiger partial charge in [0, 0.05) is 17.4 Å². The van der Waals surface area contributed by atoms with Gasteiger partial charge in [-0.3, -0.25) is 9.52 Å². The van der Waals surface area contributed by atoms with E-state index in [9.17, 15) is 18.0 Å². The standard InChI is InChI=1S/C18H20N2O6S/c1-4-25-17-15(6-5-11-19-17)18(22)26-12(2)16(21)13-7-9-14(10-8-13)20-27(3,23)24/h5-12,20H,4H2,1-3H3/t12-/m0/s1.